The van der Waals surface area contributed by atoms with Crippen molar-refractivity contribution >= 4 is 23.4 Å². The number of hydrogen-bond acceptors (Lipinski definition) is 4. The van der Waals surface area contributed by atoms with Crippen LogP contribution in [0.25, 0.3) is 0 Å². The molecule has 3 rings (SSSR count). The number of rotatable bonds is 4. The van der Waals surface area contributed by atoms with Crippen LogP contribution in [0.5, 0.6) is 0 Å². The fraction of sp³-hybridized carbons (Fsp3) is 0.625. The van der Waals surface area contributed by atoms with E-state index in [4.69, 9.17) is 26.8 Å². The SMILES string of the molecule is NC(CSc1cccc(Cl)c1)C1CCOC2(CCOC2)C1. The van der Waals surface area contributed by atoms with Gasteiger partial charge in [0.25, 0.3) is 0 Å². The predicted molar refractivity (Wildman–Crippen MR) is 87.0 cm³/mol. The molecule has 0 radical (unpaired) electrons. The topological polar surface area (TPSA) is 44.5 Å². The molecule has 0 aromatic heterocycles. The normalized spacial score (nSPS) is 30.7. The van der Waals surface area contributed by atoms with Crippen LogP contribution in [0.15, 0.2) is 29.2 Å². The van der Waals surface area contributed by atoms with Crippen molar-refractivity contribution in [3.8, 4) is 0 Å². The van der Waals surface area contributed by atoms with Crippen LogP contribution in [-0.2, 0) is 9.47 Å². The van der Waals surface area contributed by atoms with Crippen LogP contribution in [0.4, 0.5) is 0 Å². The van der Waals surface area contributed by atoms with Gasteiger partial charge in [0.05, 0.1) is 12.2 Å². The first-order chi connectivity index (χ1) is 10.2. The Morgan fingerprint density at radius 1 is 1.43 bits per heavy atom. The summed E-state index contributed by atoms with van der Waals surface area (Å²) in [7, 11) is 0. The molecule has 1 spiro atoms. The van der Waals surface area contributed by atoms with Crippen LogP contribution in [0.1, 0.15) is 19.3 Å². The highest BCUT2D eigenvalue weighted by Crippen LogP contribution is 2.37. The van der Waals surface area contributed by atoms with Gasteiger partial charge in [-0.1, -0.05) is 17.7 Å². The summed E-state index contributed by atoms with van der Waals surface area (Å²) in [5.41, 5.74) is 6.38. The lowest BCUT2D eigenvalue weighted by atomic mass is 9.82. The molecule has 0 bridgehead atoms. The molecule has 5 heteroatoms. The quantitative estimate of drug-likeness (QED) is 0.861. The molecular formula is C16H22ClNO2S. The number of benzene rings is 1. The van der Waals surface area contributed by atoms with Crippen LogP contribution in [0.3, 0.4) is 0 Å². The molecular weight excluding hydrogens is 306 g/mol. The highest BCUT2D eigenvalue weighted by molar-refractivity contribution is 7.99. The summed E-state index contributed by atoms with van der Waals surface area (Å²) >= 11 is 7.80. The van der Waals surface area contributed by atoms with E-state index in [1.165, 1.54) is 4.90 Å². The minimum Gasteiger partial charge on any atom is -0.378 e. The van der Waals surface area contributed by atoms with Crippen LogP contribution in [0.2, 0.25) is 5.02 Å². The molecule has 1 aromatic carbocycles. The van der Waals surface area contributed by atoms with Gasteiger partial charge in [-0.2, -0.15) is 0 Å². The van der Waals surface area contributed by atoms with Crippen molar-refractivity contribution in [1.82, 2.24) is 0 Å². The summed E-state index contributed by atoms with van der Waals surface area (Å²) in [6.45, 7) is 2.36. The van der Waals surface area contributed by atoms with Crippen LogP contribution < -0.4 is 5.73 Å². The lowest BCUT2D eigenvalue weighted by molar-refractivity contribution is -0.100. The lowest BCUT2D eigenvalue weighted by Crippen LogP contribution is -2.46. The summed E-state index contributed by atoms with van der Waals surface area (Å²) in [6, 6.07) is 8.15. The van der Waals surface area contributed by atoms with E-state index >= 15 is 0 Å². The molecule has 2 heterocycles. The minimum atomic E-state index is -0.0543. The highest BCUT2D eigenvalue weighted by Gasteiger charge is 2.42. The minimum absolute atomic E-state index is 0.0543. The van der Waals surface area contributed by atoms with Crippen molar-refractivity contribution in [1.29, 1.82) is 0 Å². The van der Waals surface area contributed by atoms with E-state index in [1.807, 2.05) is 18.2 Å². The number of halogens is 1. The smallest absolute Gasteiger partial charge is 0.0939 e. The third-order valence-electron chi connectivity index (χ3n) is 4.44. The molecule has 2 fully saturated rings. The second-order valence-electron chi connectivity index (χ2n) is 6.02. The molecule has 2 aliphatic heterocycles. The first-order valence-electron chi connectivity index (χ1n) is 7.53. The number of ether oxygens (including phenoxy) is 2. The average molecular weight is 328 g/mol. The zero-order chi connectivity index (χ0) is 14.7. The second-order valence-corrected chi connectivity index (χ2v) is 7.55. The summed E-state index contributed by atoms with van der Waals surface area (Å²) in [5.74, 6) is 1.44. The number of thioether (sulfide) groups is 1. The van der Waals surface area contributed by atoms with E-state index in [9.17, 15) is 0 Å². The Kier molecular flexibility index (Phi) is 5.12. The standard InChI is InChI=1S/C16H22ClNO2S/c17-13-2-1-3-14(8-13)21-10-15(18)12-4-6-20-16(9-12)5-7-19-11-16/h1-3,8,12,15H,4-7,9-11,18H2. The fourth-order valence-electron chi connectivity index (χ4n) is 3.18. The van der Waals surface area contributed by atoms with Crippen molar-refractivity contribution in [2.75, 3.05) is 25.6 Å². The van der Waals surface area contributed by atoms with Gasteiger partial charge in [-0.3, -0.25) is 0 Å². The highest BCUT2D eigenvalue weighted by atomic mass is 35.5. The van der Waals surface area contributed by atoms with Gasteiger partial charge in [0, 0.05) is 41.3 Å². The molecule has 1 aromatic rings. The summed E-state index contributed by atoms with van der Waals surface area (Å²) in [4.78, 5) is 1.18. The number of hydrogen-bond donors (Lipinski definition) is 1. The van der Waals surface area contributed by atoms with Crippen molar-refractivity contribution in [3.63, 3.8) is 0 Å². The molecule has 3 atom stereocenters. The van der Waals surface area contributed by atoms with E-state index in [1.54, 1.807) is 11.8 Å². The predicted octanol–water partition coefficient (Wildman–Crippen LogP) is 3.35. The Labute approximate surface area is 135 Å². The third kappa shape index (κ3) is 3.93. The molecule has 3 unspecified atom stereocenters. The molecule has 2 saturated heterocycles. The molecule has 2 aliphatic rings. The maximum Gasteiger partial charge on any atom is 0.0939 e. The van der Waals surface area contributed by atoms with E-state index < -0.39 is 0 Å². The Bertz CT molecular complexity index is 479. The van der Waals surface area contributed by atoms with Gasteiger partial charge < -0.3 is 15.2 Å². The van der Waals surface area contributed by atoms with Crippen molar-refractivity contribution in [2.45, 2.75) is 35.8 Å². The maximum atomic E-state index is 6.44. The third-order valence-corrected chi connectivity index (χ3v) is 5.82. The molecule has 3 nitrogen and oxygen atoms in total. The van der Waals surface area contributed by atoms with E-state index in [-0.39, 0.29) is 11.6 Å². The van der Waals surface area contributed by atoms with Gasteiger partial charge in [-0.15, -0.1) is 11.8 Å². The number of nitrogens with two attached hydrogens (primary N) is 1. The Morgan fingerprint density at radius 2 is 2.33 bits per heavy atom. The molecule has 0 amide bonds. The van der Waals surface area contributed by atoms with Gasteiger partial charge in [0.15, 0.2) is 0 Å². The zero-order valence-electron chi connectivity index (χ0n) is 12.1. The van der Waals surface area contributed by atoms with Gasteiger partial charge in [0.1, 0.15) is 0 Å². The van der Waals surface area contributed by atoms with E-state index in [2.05, 4.69) is 6.07 Å². The van der Waals surface area contributed by atoms with E-state index in [0.29, 0.717) is 5.92 Å². The Balaban J connectivity index is 1.54. The van der Waals surface area contributed by atoms with Crippen molar-refractivity contribution in [2.24, 2.45) is 11.7 Å². The van der Waals surface area contributed by atoms with Crippen molar-refractivity contribution in [3.05, 3.63) is 29.3 Å². The lowest BCUT2D eigenvalue weighted by Gasteiger charge is -2.39. The molecule has 116 valence electrons. The first kappa shape index (κ1) is 15.6. The van der Waals surface area contributed by atoms with Gasteiger partial charge >= 0.3 is 0 Å². The fourth-order valence-corrected chi connectivity index (χ4v) is 4.48. The van der Waals surface area contributed by atoms with Gasteiger partial charge in [0.2, 0.25) is 0 Å². The molecule has 0 aliphatic carbocycles. The molecule has 21 heavy (non-hydrogen) atoms. The Morgan fingerprint density at radius 3 is 3.10 bits per heavy atom. The first-order valence-corrected chi connectivity index (χ1v) is 8.89. The molecule has 2 N–H and O–H groups in total. The Hall–Kier alpha value is -0.260. The van der Waals surface area contributed by atoms with Gasteiger partial charge in [-0.05, 0) is 37.0 Å². The van der Waals surface area contributed by atoms with E-state index in [0.717, 1.165) is 49.9 Å². The van der Waals surface area contributed by atoms with Crippen LogP contribution >= 0.6 is 23.4 Å². The monoisotopic (exact) mass is 327 g/mol. The summed E-state index contributed by atoms with van der Waals surface area (Å²) < 4.78 is 11.5. The van der Waals surface area contributed by atoms with Crippen LogP contribution in [0, 0.1) is 5.92 Å². The summed E-state index contributed by atoms with van der Waals surface area (Å²) in [6.07, 6.45) is 3.10. The zero-order valence-corrected chi connectivity index (χ0v) is 13.7. The van der Waals surface area contributed by atoms with Gasteiger partial charge in [-0.25, -0.2) is 0 Å². The average Bonchev–Trinajstić information content (AvgIpc) is 2.93. The van der Waals surface area contributed by atoms with Crippen molar-refractivity contribution < 1.29 is 9.47 Å². The molecule has 0 saturated carbocycles. The summed E-state index contributed by atoms with van der Waals surface area (Å²) in [5, 5.41) is 0.779. The largest absolute Gasteiger partial charge is 0.378 e. The maximum absolute atomic E-state index is 6.44. The second kappa shape index (κ2) is 6.88. The van der Waals surface area contributed by atoms with Crippen LogP contribution in [-0.4, -0.2) is 37.2 Å².